The number of pyridine rings is 1. The first-order valence-electron chi connectivity index (χ1n) is 15.1. The molecule has 0 radical (unpaired) electrons. The van der Waals surface area contributed by atoms with E-state index in [0.717, 1.165) is 11.1 Å². The minimum atomic E-state index is -4.57. The van der Waals surface area contributed by atoms with Crippen LogP contribution in [0, 0.1) is 0 Å². The lowest BCUT2D eigenvalue weighted by molar-refractivity contribution is -0.154. The van der Waals surface area contributed by atoms with Gasteiger partial charge in [-0.15, -0.1) is 0 Å². The van der Waals surface area contributed by atoms with Crippen LogP contribution in [-0.2, 0) is 10.2 Å². The number of likely N-dealkylation sites (tertiary alicyclic amines) is 1. The van der Waals surface area contributed by atoms with Gasteiger partial charge in [-0.1, -0.05) is 55.0 Å². The zero-order chi connectivity index (χ0) is 33.0. The number of rotatable bonds is 11. The third-order valence-electron chi connectivity index (χ3n) is 8.49. The fourth-order valence-electron chi connectivity index (χ4n) is 6.40. The molecule has 2 aliphatic rings. The van der Waals surface area contributed by atoms with E-state index >= 15 is 0 Å². The SMILES string of the molecule is O=C(NC1CCN(CCCCC2(C(=O)NCC(F)(F)F)c3ccccc3-c3ccccc32)CC1)c1cccnc1OCC(F)(F)F. The Morgan fingerprint density at radius 1 is 0.870 bits per heavy atom. The number of nitrogens with zero attached hydrogens (tertiary/aromatic N) is 2. The van der Waals surface area contributed by atoms with Gasteiger partial charge in [-0.3, -0.25) is 9.59 Å². The first-order chi connectivity index (χ1) is 21.9. The molecular weight excluding hydrogens is 614 g/mol. The fraction of sp³-hybridized carbons (Fsp3) is 0.424. The van der Waals surface area contributed by atoms with Gasteiger partial charge in [0.25, 0.3) is 5.91 Å². The van der Waals surface area contributed by atoms with Crippen molar-refractivity contribution in [3.8, 4) is 17.0 Å². The summed E-state index contributed by atoms with van der Waals surface area (Å²) in [4.78, 5) is 32.5. The van der Waals surface area contributed by atoms with Crippen LogP contribution in [0.25, 0.3) is 11.1 Å². The number of halogens is 6. The highest BCUT2D eigenvalue weighted by Crippen LogP contribution is 2.51. The van der Waals surface area contributed by atoms with Gasteiger partial charge in [0.15, 0.2) is 6.61 Å². The number of hydrogen-bond donors (Lipinski definition) is 2. The first-order valence-corrected chi connectivity index (χ1v) is 15.1. The van der Waals surface area contributed by atoms with Gasteiger partial charge < -0.3 is 20.3 Å². The molecule has 0 unspecified atom stereocenters. The number of fused-ring (bicyclic) bond motifs is 3. The fourth-order valence-corrected chi connectivity index (χ4v) is 6.40. The molecule has 246 valence electrons. The maximum absolute atomic E-state index is 13.6. The normalized spacial score (nSPS) is 16.4. The highest BCUT2D eigenvalue weighted by Gasteiger charge is 2.49. The molecule has 1 fully saturated rings. The molecule has 5 rings (SSSR count). The van der Waals surface area contributed by atoms with Crippen molar-refractivity contribution in [1.82, 2.24) is 20.5 Å². The Kier molecular flexibility index (Phi) is 9.90. The predicted octanol–water partition coefficient (Wildman–Crippen LogP) is 6.03. The molecule has 3 aromatic rings. The van der Waals surface area contributed by atoms with Crippen molar-refractivity contribution in [2.45, 2.75) is 55.9 Å². The topological polar surface area (TPSA) is 83.6 Å². The van der Waals surface area contributed by atoms with Crippen LogP contribution in [-0.4, -0.2) is 72.9 Å². The highest BCUT2D eigenvalue weighted by molar-refractivity contribution is 6.00. The summed E-state index contributed by atoms with van der Waals surface area (Å²) in [6, 6.07) is 17.3. The minimum absolute atomic E-state index is 0.0718. The van der Waals surface area contributed by atoms with Crippen LogP contribution in [0.5, 0.6) is 5.88 Å². The summed E-state index contributed by atoms with van der Waals surface area (Å²) in [6.07, 6.45) is -5.00. The second-order valence-corrected chi connectivity index (χ2v) is 11.6. The van der Waals surface area contributed by atoms with Gasteiger partial charge in [0.05, 0.1) is 0 Å². The van der Waals surface area contributed by atoms with E-state index in [1.807, 2.05) is 36.4 Å². The quantitative estimate of drug-likeness (QED) is 0.196. The number of ether oxygens (including phenoxy) is 1. The van der Waals surface area contributed by atoms with E-state index in [4.69, 9.17) is 4.74 Å². The summed E-state index contributed by atoms with van der Waals surface area (Å²) in [7, 11) is 0. The van der Waals surface area contributed by atoms with Crippen LogP contribution in [0.1, 0.15) is 53.6 Å². The summed E-state index contributed by atoms with van der Waals surface area (Å²) in [5, 5.41) is 5.02. The van der Waals surface area contributed by atoms with Gasteiger partial charge in [-0.05, 0) is 66.6 Å². The zero-order valence-corrected chi connectivity index (χ0v) is 24.9. The number of amides is 2. The van der Waals surface area contributed by atoms with E-state index in [1.54, 1.807) is 12.1 Å². The van der Waals surface area contributed by atoms with E-state index in [2.05, 4.69) is 20.5 Å². The maximum Gasteiger partial charge on any atom is 0.422 e. The Hall–Kier alpha value is -4.13. The molecule has 2 aromatic carbocycles. The lowest BCUT2D eigenvalue weighted by atomic mass is 9.73. The Morgan fingerprint density at radius 2 is 1.50 bits per heavy atom. The summed E-state index contributed by atoms with van der Waals surface area (Å²) in [5.74, 6) is -1.61. The van der Waals surface area contributed by atoms with Crippen molar-refractivity contribution in [3.63, 3.8) is 0 Å². The van der Waals surface area contributed by atoms with Crippen LogP contribution in [0.15, 0.2) is 66.9 Å². The molecule has 2 N–H and O–H groups in total. The average molecular weight is 649 g/mol. The van der Waals surface area contributed by atoms with Gasteiger partial charge in [0, 0.05) is 25.3 Å². The Bertz CT molecular complexity index is 1490. The average Bonchev–Trinajstić information content (AvgIpc) is 3.32. The van der Waals surface area contributed by atoms with Crippen LogP contribution in [0.3, 0.4) is 0 Å². The molecule has 13 heteroatoms. The second kappa shape index (κ2) is 13.7. The molecule has 1 aliphatic heterocycles. The van der Waals surface area contributed by atoms with Gasteiger partial charge >= 0.3 is 12.4 Å². The number of carbonyl (C=O) groups excluding carboxylic acids is 2. The third-order valence-corrected chi connectivity index (χ3v) is 8.49. The summed E-state index contributed by atoms with van der Waals surface area (Å²) in [6.45, 7) is -0.939. The van der Waals surface area contributed by atoms with Crippen molar-refractivity contribution < 1.29 is 40.7 Å². The number of benzene rings is 2. The zero-order valence-electron chi connectivity index (χ0n) is 24.9. The third kappa shape index (κ3) is 7.63. The van der Waals surface area contributed by atoms with E-state index in [9.17, 15) is 35.9 Å². The van der Waals surface area contributed by atoms with Crippen LogP contribution >= 0.6 is 0 Å². The molecule has 0 saturated carbocycles. The second-order valence-electron chi connectivity index (χ2n) is 11.6. The van der Waals surface area contributed by atoms with Gasteiger partial charge in [-0.2, -0.15) is 26.3 Å². The molecule has 7 nitrogen and oxygen atoms in total. The number of nitrogens with one attached hydrogen (secondary N) is 2. The number of hydrogen-bond acceptors (Lipinski definition) is 5. The summed E-state index contributed by atoms with van der Waals surface area (Å²) < 4.78 is 81.9. The van der Waals surface area contributed by atoms with E-state index in [0.29, 0.717) is 62.9 Å². The number of carbonyl (C=O) groups is 2. The smallest absolute Gasteiger partial charge is 0.422 e. The molecule has 1 saturated heterocycles. The lowest BCUT2D eigenvalue weighted by Crippen LogP contribution is -2.47. The van der Waals surface area contributed by atoms with Crippen molar-refractivity contribution >= 4 is 11.8 Å². The maximum atomic E-state index is 13.6. The molecule has 0 bridgehead atoms. The van der Waals surface area contributed by atoms with E-state index in [1.165, 1.54) is 18.3 Å². The molecule has 1 aromatic heterocycles. The van der Waals surface area contributed by atoms with Crippen molar-refractivity contribution in [1.29, 1.82) is 0 Å². The van der Waals surface area contributed by atoms with Crippen molar-refractivity contribution in [3.05, 3.63) is 83.6 Å². The predicted molar refractivity (Wildman–Crippen MR) is 158 cm³/mol. The lowest BCUT2D eigenvalue weighted by Gasteiger charge is -2.33. The Morgan fingerprint density at radius 3 is 2.11 bits per heavy atom. The molecule has 1 aliphatic carbocycles. The molecule has 2 amide bonds. The number of alkyl halides is 6. The number of aromatic nitrogens is 1. The minimum Gasteiger partial charge on any atom is -0.467 e. The molecule has 0 spiro atoms. The highest BCUT2D eigenvalue weighted by atomic mass is 19.4. The summed E-state index contributed by atoms with van der Waals surface area (Å²) >= 11 is 0. The largest absolute Gasteiger partial charge is 0.467 e. The van der Waals surface area contributed by atoms with Gasteiger partial charge in [0.1, 0.15) is 17.5 Å². The summed E-state index contributed by atoms with van der Waals surface area (Å²) in [5.41, 5.74) is 1.77. The van der Waals surface area contributed by atoms with E-state index < -0.39 is 42.7 Å². The molecular formula is C33H34F6N4O3. The first kappa shape index (κ1) is 33.2. The Labute approximate surface area is 262 Å². The van der Waals surface area contributed by atoms with Crippen LogP contribution in [0.4, 0.5) is 26.3 Å². The monoisotopic (exact) mass is 648 g/mol. The number of unbranched alkanes of at least 4 members (excludes halogenated alkanes) is 1. The van der Waals surface area contributed by atoms with E-state index in [-0.39, 0.29) is 17.5 Å². The molecule has 0 atom stereocenters. The van der Waals surface area contributed by atoms with Gasteiger partial charge in [-0.25, -0.2) is 4.98 Å². The molecule has 2 heterocycles. The Balaban J connectivity index is 1.17. The molecule has 46 heavy (non-hydrogen) atoms. The standard InChI is InChI=1S/C33H34F6N4O3/c34-32(35,36)20-41-30(45)31(26-11-3-1-8-23(26)24-9-2-4-12-27(24)31)15-5-6-17-43-18-13-22(14-19-43)42-28(44)25-10-7-16-40-29(25)46-21-33(37,38)39/h1-4,7-12,16,22H,5-6,13-15,17-21H2,(H,41,45)(H,42,44). The van der Waals surface area contributed by atoms with Crippen LogP contribution in [0.2, 0.25) is 0 Å². The van der Waals surface area contributed by atoms with Crippen molar-refractivity contribution in [2.75, 3.05) is 32.8 Å². The van der Waals surface area contributed by atoms with Crippen molar-refractivity contribution in [2.24, 2.45) is 0 Å². The van der Waals surface area contributed by atoms with Gasteiger partial charge in [0.2, 0.25) is 11.8 Å². The van der Waals surface area contributed by atoms with Crippen LogP contribution < -0.4 is 15.4 Å². The number of piperidine rings is 1.